The van der Waals surface area contributed by atoms with E-state index in [0.29, 0.717) is 37.4 Å². The first kappa shape index (κ1) is 15.9. The zero-order valence-electron chi connectivity index (χ0n) is 12.6. The Bertz CT molecular complexity index is 529. The quantitative estimate of drug-likeness (QED) is 0.849. The molecule has 1 atom stereocenters. The number of rotatable bonds is 5. The van der Waals surface area contributed by atoms with Gasteiger partial charge in [0.2, 0.25) is 5.91 Å². The first-order valence-corrected chi connectivity index (χ1v) is 8.05. The third kappa shape index (κ3) is 3.23. The van der Waals surface area contributed by atoms with Crippen LogP contribution in [0, 0.1) is 5.92 Å². The van der Waals surface area contributed by atoms with E-state index in [9.17, 15) is 9.59 Å². The van der Waals surface area contributed by atoms with E-state index in [4.69, 9.17) is 0 Å². The molecule has 1 aliphatic rings. The van der Waals surface area contributed by atoms with Crippen LogP contribution >= 0.6 is 12.6 Å². The highest BCUT2D eigenvalue weighted by Crippen LogP contribution is 2.29. The van der Waals surface area contributed by atoms with Gasteiger partial charge in [0.15, 0.2) is 0 Å². The van der Waals surface area contributed by atoms with E-state index < -0.39 is 0 Å². The summed E-state index contributed by atoms with van der Waals surface area (Å²) in [6.45, 7) is 5.89. The Kier molecular flexibility index (Phi) is 5.28. The van der Waals surface area contributed by atoms with E-state index in [0.717, 1.165) is 5.69 Å². The van der Waals surface area contributed by atoms with E-state index >= 15 is 0 Å². The molecule has 5 heteroatoms. The first-order chi connectivity index (χ1) is 10.1. The third-order valence-corrected chi connectivity index (χ3v) is 4.46. The highest BCUT2D eigenvalue weighted by molar-refractivity contribution is 7.80. The lowest BCUT2D eigenvalue weighted by atomic mass is 10.1. The molecule has 1 aromatic rings. The Morgan fingerprint density at radius 1 is 1.33 bits per heavy atom. The van der Waals surface area contributed by atoms with Gasteiger partial charge in [-0.25, -0.2) is 0 Å². The molecule has 114 valence electrons. The zero-order valence-corrected chi connectivity index (χ0v) is 13.5. The predicted octanol–water partition coefficient (Wildman–Crippen LogP) is 2.45. The van der Waals surface area contributed by atoms with Crippen LogP contribution in [-0.4, -0.2) is 42.1 Å². The second kappa shape index (κ2) is 6.98. The maximum absolute atomic E-state index is 12.6. The summed E-state index contributed by atoms with van der Waals surface area (Å²) in [6.07, 6.45) is 0.511. The second-order valence-corrected chi connectivity index (χ2v) is 5.62. The molecule has 1 heterocycles. The molecule has 4 nitrogen and oxygen atoms in total. The lowest BCUT2D eigenvalue weighted by Crippen LogP contribution is -2.33. The SMILES string of the molecule is CCN(CC)C(=O)c1ccccc1N1CC(CS)CC1=O. The van der Waals surface area contributed by atoms with Crippen LogP contribution < -0.4 is 4.90 Å². The van der Waals surface area contributed by atoms with Crippen LogP contribution in [0.15, 0.2) is 24.3 Å². The summed E-state index contributed by atoms with van der Waals surface area (Å²) >= 11 is 4.28. The molecule has 0 radical (unpaired) electrons. The lowest BCUT2D eigenvalue weighted by molar-refractivity contribution is -0.117. The molecular formula is C16H22N2O2S. The van der Waals surface area contributed by atoms with Crippen molar-refractivity contribution < 1.29 is 9.59 Å². The Hall–Kier alpha value is -1.49. The number of para-hydroxylation sites is 1. The van der Waals surface area contributed by atoms with Crippen LogP contribution in [-0.2, 0) is 4.79 Å². The smallest absolute Gasteiger partial charge is 0.255 e. The molecule has 0 N–H and O–H groups in total. The molecule has 1 aliphatic heterocycles. The molecule has 1 aromatic carbocycles. The van der Waals surface area contributed by atoms with Crippen LogP contribution in [0.1, 0.15) is 30.6 Å². The van der Waals surface area contributed by atoms with Crippen molar-refractivity contribution in [3.05, 3.63) is 29.8 Å². The van der Waals surface area contributed by atoms with Gasteiger partial charge >= 0.3 is 0 Å². The molecule has 0 bridgehead atoms. The number of hydrogen-bond acceptors (Lipinski definition) is 3. The van der Waals surface area contributed by atoms with Crippen LogP contribution in [0.3, 0.4) is 0 Å². The molecule has 2 amide bonds. The third-order valence-electron chi connectivity index (χ3n) is 3.94. The van der Waals surface area contributed by atoms with Crippen LogP contribution in [0.25, 0.3) is 0 Å². The number of amides is 2. The van der Waals surface area contributed by atoms with E-state index in [1.807, 2.05) is 32.0 Å². The van der Waals surface area contributed by atoms with E-state index in [1.165, 1.54) is 0 Å². The molecule has 2 rings (SSSR count). The topological polar surface area (TPSA) is 40.6 Å². The number of carbonyl (C=O) groups excluding carboxylic acids is 2. The van der Waals surface area contributed by atoms with Gasteiger partial charge in [-0.3, -0.25) is 9.59 Å². The van der Waals surface area contributed by atoms with Crippen LogP contribution in [0.2, 0.25) is 0 Å². The van der Waals surface area contributed by atoms with Gasteiger partial charge in [0.25, 0.3) is 5.91 Å². The predicted molar refractivity (Wildman–Crippen MR) is 88.0 cm³/mol. The summed E-state index contributed by atoms with van der Waals surface area (Å²) in [5.74, 6) is 1.01. The highest BCUT2D eigenvalue weighted by Gasteiger charge is 2.32. The number of anilines is 1. The average molecular weight is 306 g/mol. The van der Waals surface area contributed by atoms with E-state index in [1.54, 1.807) is 15.9 Å². The summed E-state index contributed by atoms with van der Waals surface area (Å²) < 4.78 is 0. The molecule has 0 saturated carbocycles. The highest BCUT2D eigenvalue weighted by atomic mass is 32.1. The Morgan fingerprint density at radius 3 is 2.57 bits per heavy atom. The van der Waals surface area contributed by atoms with Crippen molar-refractivity contribution in [2.24, 2.45) is 5.92 Å². The average Bonchev–Trinajstić information content (AvgIpc) is 2.89. The Morgan fingerprint density at radius 2 is 2.00 bits per heavy atom. The number of thiol groups is 1. The van der Waals surface area contributed by atoms with E-state index in [-0.39, 0.29) is 17.7 Å². The maximum Gasteiger partial charge on any atom is 0.255 e. The van der Waals surface area contributed by atoms with Crippen LogP contribution in [0.4, 0.5) is 5.69 Å². The van der Waals surface area contributed by atoms with Crippen molar-refractivity contribution >= 4 is 30.1 Å². The summed E-state index contributed by atoms with van der Waals surface area (Å²) in [7, 11) is 0. The van der Waals surface area contributed by atoms with Gasteiger partial charge in [-0.05, 0) is 37.7 Å². The van der Waals surface area contributed by atoms with Crippen molar-refractivity contribution in [3.8, 4) is 0 Å². The maximum atomic E-state index is 12.6. The minimum absolute atomic E-state index is 0.0160. The molecular weight excluding hydrogens is 284 g/mol. The van der Waals surface area contributed by atoms with Gasteiger partial charge in [-0.15, -0.1) is 0 Å². The summed E-state index contributed by atoms with van der Waals surface area (Å²) in [6, 6.07) is 7.37. The normalized spacial score (nSPS) is 18.1. The molecule has 0 aliphatic carbocycles. The standard InChI is InChI=1S/C16H22N2O2S/c1-3-17(4-2)16(20)13-7-5-6-8-14(13)18-10-12(11-21)9-15(18)19/h5-8,12,21H,3-4,9-11H2,1-2H3. The Labute approximate surface area is 131 Å². The minimum atomic E-state index is -0.0160. The van der Waals surface area contributed by atoms with Gasteiger partial charge in [0.1, 0.15) is 0 Å². The largest absolute Gasteiger partial charge is 0.339 e. The molecule has 0 aromatic heterocycles. The minimum Gasteiger partial charge on any atom is -0.339 e. The van der Waals surface area contributed by atoms with Crippen molar-refractivity contribution in [1.29, 1.82) is 0 Å². The molecule has 1 unspecified atom stereocenters. The summed E-state index contributed by atoms with van der Waals surface area (Å²) in [5, 5.41) is 0. The second-order valence-electron chi connectivity index (χ2n) is 5.25. The summed E-state index contributed by atoms with van der Waals surface area (Å²) in [4.78, 5) is 28.3. The monoisotopic (exact) mass is 306 g/mol. The number of hydrogen-bond donors (Lipinski definition) is 1. The van der Waals surface area contributed by atoms with Crippen molar-refractivity contribution in [1.82, 2.24) is 4.90 Å². The van der Waals surface area contributed by atoms with E-state index in [2.05, 4.69) is 12.6 Å². The van der Waals surface area contributed by atoms with Gasteiger partial charge in [-0.1, -0.05) is 12.1 Å². The number of benzene rings is 1. The fourth-order valence-corrected chi connectivity index (χ4v) is 2.95. The summed E-state index contributed by atoms with van der Waals surface area (Å²) in [5.41, 5.74) is 1.33. The molecule has 0 spiro atoms. The molecule has 1 fully saturated rings. The van der Waals surface area contributed by atoms with Crippen molar-refractivity contribution in [2.45, 2.75) is 20.3 Å². The fourth-order valence-electron chi connectivity index (χ4n) is 2.71. The van der Waals surface area contributed by atoms with Crippen LogP contribution in [0.5, 0.6) is 0 Å². The number of carbonyl (C=O) groups is 2. The van der Waals surface area contributed by atoms with Crippen molar-refractivity contribution in [2.75, 3.05) is 30.3 Å². The van der Waals surface area contributed by atoms with Gasteiger partial charge < -0.3 is 9.80 Å². The lowest BCUT2D eigenvalue weighted by Gasteiger charge is -2.24. The zero-order chi connectivity index (χ0) is 15.4. The van der Waals surface area contributed by atoms with Gasteiger partial charge in [-0.2, -0.15) is 12.6 Å². The fraction of sp³-hybridized carbons (Fsp3) is 0.500. The molecule has 21 heavy (non-hydrogen) atoms. The van der Waals surface area contributed by atoms with Gasteiger partial charge in [0.05, 0.1) is 11.3 Å². The van der Waals surface area contributed by atoms with Gasteiger partial charge in [0, 0.05) is 26.1 Å². The first-order valence-electron chi connectivity index (χ1n) is 7.41. The number of nitrogens with zero attached hydrogens (tertiary/aromatic N) is 2. The van der Waals surface area contributed by atoms with Crippen molar-refractivity contribution in [3.63, 3.8) is 0 Å². The molecule has 1 saturated heterocycles. The Balaban J connectivity index is 2.33.